The van der Waals surface area contributed by atoms with Crippen molar-refractivity contribution in [1.29, 1.82) is 0 Å². The van der Waals surface area contributed by atoms with Gasteiger partial charge >= 0.3 is 0 Å². The van der Waals surface area contributed by atoms with Gasteiger partial charge in [0.2, 0.25) is 0 Å². The molecule has 0 saturated carbocycles. The number of aromatic nitrogens is 4. The van der Waals surface area contributed by atoms with Crippen LogP contribution in [0.1, 0.15) is 34.8 Å². The second-order valence-electron chi connectivity index (χ2n) is 6.87. The second kappa shape index (κ2) is 7.46. The van der Waals surface area contributed by atoms with Crippen molar-refractivity contribution in [3.63, 3.8) is 0 Å². The molecule has 0 N–H and O–H groups in total. The molecule has 4 rings (SSSR count). The Morgan fingerprint density at radius 3 is 2.79 bits per heavy atom. The molecule has 8 nitrogen and oxygen atoms in total. The van der Waals surface area contributed by atoms with E-state index < -0.39 is 0 Å². The van der Waals surface area contributed by atoms with Crippen molar-refractivity contribution in [2.75, 3.05) is 27.3 Å². The molecule has 1 fully saturated rings. The Kier molecular flexibility index (Phi) is 4.85. The number of carbonyl (C=O) groups excluding carboxylic acids is 1. The van der Waals surface area contributed by atoms with Crippen molar-refractivity contribution in [2.24, 2.45) is 7.05 Å². The molecule has 2 aromatic heterocycles. The van der Waals surface area contributed by atoms with Gasteiger partial charge in [0, 0.05) is 38.4 Å². The summed E-state index contributed by atoms with van der Waals surface area (Å²) >= 11 is 0. The fourth-order valence-corrected chi connectivity index (χ4v) is 3.89. The van der Waals surface area contributed by atoms with Crippen molar-refractivity contribution in [1.82, 2.24) is 24.6 Å². The van der Waals surface area contributed by atoms with E-state index in [0.717, 1.165) is 29.7 Å². The van der Waals surface area contributed by atoms with Gasteiger partial charge in [-0.1, -0.05) is 6.07 Å². The first kappa shape index (κ1) is 18.2. The van der Waals surface area contributed by atoms with Crippen molar-refractivity contribution < 1.29 is 14.3 Å². The molecule has 0 radical (unpaired) electrons. The molecule has 28 heavy (non-hydrogen) atoms. The SMILES string of the molecule is COc1cccc(C(=O)N2CCC[C@@H](c3nn(C)c4nccnc34)C2)c1OC. The smallest absolute Gasteiger partial charge is 0.257 e. The van der Waals surface area contributed by atoms with E-state index in [0.29, 0.717) is 30.2 Å². The van der Waals surface area contributed by atoms with Crippen LogP contribution in [0.4, 0.5) is 0 Å². The molecule has 0 aliphatic carbocycles. The molecule has 0 spiro atoms. The summed E-state index contributed by atoms with van der Waals surface area (Å²) in [4.78, 5) is 23.9. The van der Waals surface area contributed by atoms with Crippen LogP contribution in [-0.4, -0.2) is 57.9 Å². The van der Waals surface area contributed by atoms with Crippen LogP contribution in [0, 0.1) is 0 Å². The normalized spacial score (nSPS) is 17.0. The minimum Gasteiger partial charge on any atom is -0.493 e. The first-order chi connectivity index (χ1) is 13.6. The Bertz CT molecular complexity index is 1020. The third-order valence-corrected chi connectivity index (χ3v) is 5.21. The van der Waals surface area contributed by atoms with Crippen molar-refractivity contribution in [3.8, 4) is 11.5 Å². The standard InChI is InChI=1S/C20H23N5O3/c1-24-19-17(21-9-10-22-19)16(23-24)13-6-5-11-25(12-13)20(26)14-7-4-8-15(27-2)18(14)28-3/h4,7-10,13H,5-6,11-12H2,1-3H3/t13-/m1/s1. The number of nitrogens with zero attached hydrogens (tertiary/aromatic N) is 5. The maximum atomic E-state index is 13.2. The molecule has 1 amide bonds. The fraction of sp³-hybridized carbons (Fsp3) is 0.400. The maximum Gasteiger partial charge on any atom is 0.257 e. The van der Waals surface area contributed by atoms with E-state index in [1.165, 1.54) is 0 Å². The number of methoxy groups -OCH3 is 2. The summed E-state index contributed by atoms with van der Waals surface area (Å²) in [6, 6.07) is 5.36. The number of piperidine rings is 1. The van der Waals surface area contributed by atoms with E-state index in [4.69, 9.17) is 9.47 Å². The molecule has 146 valence electrons. The molecule has 1 aromatic carbocycles. The van der Waals surface area contributed by atoms with Crippen LogP contribution < -0.4 is 9.47 Å². The summed E-state index contributed by atoms with van der Waals surface area (Å²) in [5.74, 6) is 1.07. The van der Waals surface area contributed by atoms with Crippen LogP contribution in [0.2, 0.25) is 0 Å². The average molecular weight is 381 g/mol. The number of carbonyl (C=O) groups is 1. The van der Waals surface area contributed by atoms with Crippen LogP contribution in [0.3, 0.4) is 0 Å². The zero-order chi connectivity index (χ0) is 19.7. The Labute approximate surface area is 163 Å². The first-order valence-electron chi connectivity index (χ1n) is 9.28. The molecule has 1 aliphatic rings. The largest absolute Gasteiger partial charge is 0.493 e. The summed E-state index contributed by atoms with van der Waals surface area (Å²) in [5.41, 5.74) is 2.98. The van der Waals surface area contributed by atoms with Crippen molar-refractivity contribution >= 4 is 17.1 Å². The van der Waals surface area contributed by atoms with Crippen LogP contribution in [0.15, 0.2) is 30.6 Å². The zero-order valence-corrected chi connectivity index (χ0v) is 16.3. The van der Waals surface area contributed by atoms with Gasteiger partial charge in [0.25, 0.3) is 5.91 Å². The predicted octanol–water partition coefficient (Wildman–Crippen LogP) is 2.40. The maximum absolute atomic E-state index is 13.2. The van der Waals surface area contributed by atoms with Crippen LogP contribution in [0.25, 0.3) is 11.2 Å². The van der Waals surface area contributed by atoms with E-state index in [9.17, 15) is 4.79 Å². The highest BCUT2D eigenvalue weighted by atomic mass is 16.5. The minimum atomic E-state index is -0.0632. The molecule has 3 heterocycles. The van der Waals surface area contributed by atoms with Crippen LogP contribution in [-0.2, 0) is 7.05 Å². The second-order valence-corrected chi connectivity index (χ2v) is 6.87. The van der Waals surface area contributed by atoms with E-state index in [1.54, 1.807) is 49.5 Å². The van der Waals surface area contributed by atoms with Crippen LogP contribution >= 0.6 is 0 Å². The first-order valence-corrected chi connectivity index (χ1v) is 9.28. The van der Waals surface area contributed by atoms with Gasteiger partial charge in [0.15, 0.2) is 17.1 Å². The molecule has 0 unspecified atom stereocenters. The summed E-state index contributed by atoms with van der Waals surface area (Å²) in [5, 5.41) is 4.65. The van der Waals surface area contributed by atoms with Crippen molar-refractivity contribution in [3.05, 3.63) is 41.9 Å². The Morgan fingerprint density at radius 2 is 2.00 bits per heavy atom. The number of hydrogen-bond donors (Lipinski definition) is 0. The Balaban J connectivity index is 1.63. The molecule has 1 atom stereocenters. The number of ether oxygens (including phenoxy) is 2. The van der Waals surface area contributed by atoms with Gasteiger partial charge in [-0.2, -0.15) is 5.10 Å². The van der Waals surface area contributed by atoms with Crippen LogP contribution in [0.5, 0.6) is 11.5 Å². The van der Waals surface area contributed by atoms with Gasteiger partial charge in [0.1, 0.15) is 5.52 Å². The molecular formula is C20H23N5O3. The topological polar surface area (TPSA) is 82.4 Å². The summed E-state index contributed by atoms with van der Waals surface area (Å²) in [6.45, 7) is 1.29. The van der Waals surface area contributed by atoms with E-state index in [2.05, 4.69) is 15.1 Å². The minimum absolute atomic E-state index is 0.0632. The molecule has 8 heteroatoms. The predicted molar refractivity (Wildman–Crippen MR) is 104 cm³/mol. The third-order valence-electron chi connectivity index (χ3n) is 5.21. The quantitative estimate of drug-likeness (QED) is 0.690. The van der Waals surface area contributed by atoms with Gasteiger partial charge in [-0.3, -0.25) is 4.79 Å². The van der Waals surface area contributed by atoms with Gasteiger partial charge in [-0.05, 0) is 25.0 Å². The zero-order valence-electron chi connectivity index (χ0n) is 16.3. The summed E-state index contributed by atoms with van der Waals surface area (Å²) in [7, 11) is 4.98. The molecule has 1 aliphatic heterocycles. The van der Waals surface area contributed by atoms with E-state index >= 15 is 0 Å². The lowest BCUT2D eigenvalue weighted by atomic mass is 9.93. The molecular weight excluding hydrogens is 358 g/mol. The van der Waals surface area contributed by atoms with E-state index in [-0.39, 0.29) is 11.8 Å². The molecule has 1 saturated heterocycles. The highest BCUT2D eigenvalue weighted by Crippen LogP contribution is 2.34. The molecule has 0 bridgehead atoms. The lowest BCUT2D eigenvalue weighted by molar-refractivity contribution is 0.0702. The van der Waals surface area contributed by atoms with Gasteiger partial charge < -0.3 is 14.4 Å². The lowest BCUT2D eigenvalue weighted by Crippen LogP contribution is -2.39. The highest BCUT2D eigenvalue weighted by Gasteiger charge is 2.30. The number of rotatable bonds is 4. The van der Waals surface area contributed by atoms with Gasteiger partial charge in [-0.15, -0.1) is 0 Å². The summed E-state index contributed by atoms with van der Waals surface area (Å²) in [6.07, 6.45) is 5.21. The number of para-hydroxylation sites is 1. The van der Waals surface area contributed by atoms with Gasteiger partial charge in [-0.25, -0.2) is 14.6 Å². The summed E-state index contributed by atoms with van der Waals surface area (Å²) < 4.78 is 12.5. The average Bonchev–Trinajstić information content (AvgIpc) is 3.09. The third kappa shape index (κ3) is 3.04. The molecule has 3 aromatic rings. The number of likely N-dealkylation sites (tertiary alicyclic amines) is 1. The Hall–Kier alpha value is -3.16. The lowest BCUT2D eigenvalue weighted by Gasteiger charge is -2.32. The number of aryl methyl sites for hydroxylation is 1. The number of benzene rings is 1. The Morgan fingerprint density at radius 1 is 1.18 bits per heavy atom. The number of fused-ring (bicyclic) bond motifs is 1. The number of amides is 1. The van der Waals surface area contributed by atoms with Gasteiger partial charge in [0.05, 0.1) is 25.5 Å². The van der Waals surface area contributed by atoms with E-state index in [1.807, 2.05) is 11.9 Å². The highest BCUT2D eigenvalue weighted by molar-refractivity contribution is 5.98. The monoisotopic (exact) mass is 381 g/mol. The van der Waals surface area contributed by atoms with Crippen molar-refractivity contribution in [2.45, 2.75) is 18.8 Å². The number of hydrogen-bond acceptors (Lipinski definition) is 6. The fourth-order valence-electron chi connectivity index (χ4n) is 3.89.